The average Bonchev–Trinajstić information content (AvgIpc) is 2.74. The average molecular weight is 278 g/mol. The van der Waals surface area contributed by atoms with Crippen molar-refractivity contribution in [2.24, 2.45) is 17.4 Å². The van der Waals surface area contributed by atoms with E-state index < -0.39 is 21.7 Å². The molecule has 0 aliphatic carbocycles. The fraction of sp³-hybridized carbons (Fsp3) is 0.889. The van der Waals surface area contributed by atoms with Gasteiger partial charge in [-0.05, 0) is 6.92 Å². The number of nitrogens with two attached hydrogens (primary N) is 2. The molecule has 104 valence electrons. The fourth-order valence-electron chi connectivity index (χ4n) is 2.46. The molecule has 0 saturated carbocycles. The van der Waals surface area contributed by atoms with Crippen LogP contribution in [-0.4, -0.2) is 56.5 Å². The Bertz CT molecular complexity index is 453. The predicted molar refractivity (Wildman–Crippen MR) is 63.5 cm³/mol. The van der Waals surface area contributed by atoms with E-state index in [9.17, 15) is 13.2 Å². The summed E-state index contributed by atoms with van der Waals surface area (Å²) in [5, 5.41) is 0. The van der Waals surface area contributed by atoms with Crippen molar-refractivity contribution in [1.29, 1.82) is 0 Å². The van der Waals surface area contributed by atoms with Crippen molar-refractivity contribution in [3.8, 4) is 0 Å². The number of esters is 1. The minimum absolute atomic E-state index is 0.0548. The lowest BCUT2D eigenvalue weighted by atomic mass is 9.88. The smallest absolute Gasteiger partial charge is 0.328 e. The molecule has 2 saturated heterocycles. The molecule has 3 atom stereocenters. The normalized spacial score (nSPS) is 36.7. The number of ether oxygens (including phenoxy) is 1. The zero-order valence-corrected chi connectivity index (χ0v) is 10.9. The molecule has 5 N–H and O–H groups in total. The van der Waals surface area contributed by atoms with Gasteiger partial charge in [-0.15, -0.1) is 0 Å². The molecular formula is C9H18N4O4S. The minimum atomic E-state index is -3.63. The Morgan fingerprint density at radius 1 is 1.61 bits per heavy atom. The van der Waals surface area contributed by atoms with Crippen LogP contribution in [0, 0.1) is 5.92 Å². The van der Waals surface area contributed by atoms with E-state index in [0.29, 0.717) is 0 Å². The molecule has 2 rings (SSSR count). The van der Waals surface area contributed by atoms with E-state index in [0.717, 1.165) is 0 Å². The lowest BCUT2D eigenvalue weighted by molar-refractivity contribution is -0.145. The SMILES string of the molecule is CC1OC(=O)[C@]2(N)CN(S(=O)(=O)NCCN)C[C@H]12. The van der Waals surface area contributed by atoms with Crippen LogP contribution >= 0.6 is 0 Å². The summed E-state index contributed by atoms with van der Waals surface area (Å²) < 4.78 is 32.4. The zero-order valence-electron chi connectivity index (χ0n) is 10.1. The highest BCUT2D eigenvalue weighted by Gasteiger charge is 2.60. The van der Waals surface area contributed by atoms with Crippen molar-refractivity contribution in [2.45, 2.75) is 18.6 Å². The first-order valence-electron chi connectivity index (χ1n) is 5.76. The third-order valence-electron chi connectivity index (χ3n) is 3.51. The molecule has 0 aromatic rings. The first-order chi connectivity index (χ1) is 8.31. The summed E-state index contributed by atoms with van der Waals surface area (Å²) in [4.78, 5) is 11.7. The summed E-state index contributed by atoms with van der Waals surface area (Å²) in [5.74, 6) is -0.837. The third kappa shape index (κ3) is 2.01. The number of rotatable bonds is 4. The van der Waals surface area contributed by atoms with Crippen LogP contribution < -0.4 is 16.2 Å². The van der Waals surface area contributed by atoms with Gasteiger partial charge in [-0.3, -0.25) is 0 Å². The molecule has 2 aliphatic rings. The predicted octanol–water partition coefficient (Wildman–Crippen LogP) is -2.65. The zero-order chi connectivity index (χ0) is 13.6. The number of hydrogen-bond donors (Lipinski definition) is 3. The Morgan fingerprint density at radius 3 is 2.83 bits per heavy atom. The molecule has 2 aliphatic heterocycles. The molecule has 0 aromatic carbocycles. The number of carbonyl (C=O) groups excluding carboxylic acids is 1. The van der Waals surface area contributed by atoms with E-state index >= 15 is 0 Å². The van der Waals surface area contributed by atoms with E-state index in [1.807, 2.05) is 0 Å². The summed E-state index contributed by atoms with van der Waals surface area (Å²) in [7, 11) is -3.63. The van der Waals surface area contributed by atoms with Crippen molar-refractivity contribution < 1.29 is 17.9 Å². The molecule has 2 heterocycles. The molecule has 1 unspecified atom stereocenters. The van der Waals surface area contributed by atoms with Crippen LogP contribution in [0.1, 0.15) is 6.92 Å². The Kier molecular flexibility index (Phi) is 3.36. The number of nitrogens with one attached hydrogen (secondary N) is 1. The second kappa shape index (κ2) is 4.42. The minimum Gasteiger partial charge on any atom is -0.461 e. The Balaban J connectivity index is 2.16. The van der Waals surface area contributed by atoms with Gasteiger partial charge in [-0.25, -0.2) is 9.52 Å². The first kappa shape index (κ1) is 13.7. The van der Waals surface area contributed by atoms with E-state index in [4.69, 9.17) is 16.2 Å². The van der Waals surface area contributed by atoms with Crippen molar-refractivity contribution in [3.63, 3.8) is 0 Å². The van der Waals surface area contributed by atoms with Gasteiger partial charge in [0, 0.05) is 32.1 Å². The highest BCUT2D eigenvalue weighted by molar-refractivity contribution is 7.87. The van der Waals surface area contributed by atoms with Crippen molar-refractivity contribution in [1.82, 2.24) is 9.03 Å². The van der Waals surface area contributed by atoms with Gasteiger partial charge >= 0.3 is 5.97 Å². The standard InChI is InChI=1S/C9H18N4O4S/c1-6-7-4-13(18(15,16)12-3-2-10)5-9(7,11)8(14)17-6/h6-7,12H,2-5,10-11H2,1H3/t6?,7-,9+/m1/s1. The monoisotopic (exact) mass is 278 g/mol. The Morgan fingerprint density at radius 2 is 2.28 bits per heavy atom. The maximum Gasteiger partial charge on any atom is 0.328 e. The molecule has 0 radical (unpaired) electrons. The van der Waals surface area contributed by atoms with Crippen molar-refractivity contribution in [2.75, 3.05) is 26.2 Å². The van der Waals surface area contributed by atoms with Gasteiger partial charge in [0.2, 0.25) is 0 Å². The molecular weight excluding hydrogens is 260 g/mol. The van der Waals surface area contributed by atoms with Gasteiger partial charge in [0.05, 0.1) is 0 Å². The second-order valence-electron chi connectivity index (χ2n) is 4.74. The first-order valence-corrected chi connectivity index (χ1v) is 7.20. The second-order valence-corrected chi connectivity index (χ2v) is 6.49. The molecule has 18 heavy (non-hydrogen) atoms. The number of nitrogens with zero attached hydrogens (tertiary/aromatic N) is 1. The molecule has 0 amide bonds. The van der Waals surface area contributed by atoms with Crippen LogP contribution in [0.2, 0.25) is 0 Å². The summed E-state index contributed by atoms with van der Waals surface area (Å²) in [6.07, 6.45) is -0.364. The van der Waals surface area contributed by atoms with Crippen LogP contribution in [0.4, 0.5) is 0 Å². The van der Waals surface area contributed by atoms with E-state index in [2.05, 4.69) is 4.72 Å². The Hall–Kier alpha value is -0.740. The number of cyclic esters (lactones) is 1. The van der Waals surface area contributed by atoms with E-state index in [1.165, 1.54) is 4.31 Å². The molecule has 2 fully saturated rings. The van der Waals surface area contributed by atoms with Crippen LogP contribution in [0.3, 0.4) is 0 Å². The van der Waals surface area contributed by atoms with Gasteiger partial charge in [0.25, 0.3) is 10.2 Å². The summed E-state index contributed by atoms with van der Waals surface area (Å²) in [6.45, 7) is 2.22. The summed E-state index contributed by atoms with van der Waals surface area (Å²) >= 11 is 0. The van der Waals surface area contributed by atoms with Gasteiger partial charge in [-0.2, -0.15) is 12.7 Å². The summed E-state index contributed by atoms with van der Waals surface area (Å²) in [5.41, 5.74) is 10.0. The van der Waals surface area contributed by atoms with Gasteiger partial charge in [0.15, 0.2) is 0 Å². The number of hydrogen-bond acceptors (Lipinski definition) is 6. The highest BCUT2D eigenvalue weighted by atomic mass is 32.2. The highest BCUT2D eigenvalue weighted by Crippen LogP contribution is 2.37. The molecule has 0 aromatic heterocycles. The van der Waals surface area contributed by atoms with Crippen LogP contribution in [-0.2, 0) is 19.7 Å². The van der Waals surface area contributed by atoms with E-state index in [1.54, 1.807) is 6.92 Å². The summed E-state index contributed by atoms with van der Waals surface area (Å²) in [6, 6.07) is 0. The lowest BCUT2D eigenvalue weighted by Crippen LogP contribution is -2.52. The van der Waals surface area contributed by atoms with Gasteiger partial charge in [0.1, 0.15) is 11.6 Å². The quantitative estimate of drug-likeness (QED) is 0.482. The van der Waals surface area contributed by atoms with Crippen LogP contribution in [0.5, 0.6) is 0 Å². The van der Waals surface area contributed by atoms with Crippen LogP contribution in [0.25, 0.3) is 0 Å². The van der Waals surface area contributed by atoms with E-state index in [-0.39, 0.29) is 38.2 Å². The third-order valence-corrected chi connectivity index (χ3v) is 5.04. The Labute approximate surface area is 106 Å². The van der Waals surface area contributed by atoms with Crippen molar-refractivity contribution in [3.05, 3.63) is 0 Å². The molecule has 8 nitrogen and oxygen atoms in total. The molecule has 9 heteroatoms. The molecule has 0 spiro atoms. The lowest BCUT2D eigenvalue weighted by Gasteiger charge is -2.19. The van der Waals surface area contributed by atoms with Gasteiger partial charge < -0.3 is 16.2 Å². The van der Waals surface area contributed by atoms with Crippen molar-refractivity contribution >= 4 is 16.2 Å². The largest absolute Gasteiger partial charge is 0.461 e. The molecule has 0 bridgehead atoms. The maximum atomic E-state index is 11.9. The maximum absolute atomic E-state index is 11.9. The fourth-order valence-corrected chi connectivity index (χ4v) is 3.76. The van der Waals surface area contributed by atoms with Crippen LogP contribution in [0.15, 0.2) is 0 Å². The number of fused-ring (bicyclic) bond motifs is 1. The topological polar surface area (TPSA) is 128 Å². The number of carbonyl (C=O) groups is 1. The van der Waals surface area contributed by atoms with Gasteiger partial charge in [-0.1, -0.05) is 0 Å².